The number of nitrogens with zero attached hydrogens (tertiary/aromatic N) is 2. The van der Waals surface area contributed by atoms with Crippen molar-refractivity contribution < 1.29 is 19.1 Å². The summed E-state index contributed by atoms with van der Waals surface area (Å²) in [5.74, 6) is 0.340. The number of benzene rings is 1. The van der Waals surface area contributed by atoms with Gasteiger partial charge in [-0.25, -0.2) is 4.98 Å². The molecule has 27 heavy (non-hydrogen) atoms. The van der Waals surface area contributed by atoms with Crippen LogP contribution in [-0.2, 0) is 11.2 Å². The first-order valence-corrected chi connectivity index (χ1v) is 9.08. The quantitative estimate of drug-likeness (QED) is 0.602. The van der Waals surface area contributed by atoms with E-state index in [0.29, 0.717) is 32.4 Å². The van der Waals surface area contributed by atoms with Gasteiger partial charge in [0.1, 0.15) is 12.0 Å². The van der Waals surface area contributed by atoms with Crippen LogP contribution in [-0.4, -0.2) is 46.4 Å². The van der Waals surface area contributed by atoms with Gasteiger partial charge in [0.05, 0.1) is 6.04 Å². The summed E-state index contributed by atoms with van der Waals surface area (Å²) in [7, 11) is 0. The van der Waals surface area contributed by atoms with Crippen LogP contribution in [0.1, 0.15) is 47.2 Å². The summed E-state index contributed by atoms with van der Waals surface area (Å²) in [5, 5.41) is 12.1. The molecule has 1 saturated heterocycles. The summed E-state index contributed by atoms with van der Waals surface area (Å²) in [6, 6.07) is 6.24. The summed E-state index contributed by atoms with van der Waals surface area (Å²) in [5.41, 5.74) is 7.21. The lowest BCUT2D eigenvalue weighted by Crippen LogP contribution is -2.30. The highest BCUT2D eigenvalue weighted by atomic mass is 16.3. The molecule has 1 atom stereocenters. The number of hydrogen-bond acceptors (Lipinski definition) is 6. The predicted molar refractivity (Wildman–Crippen MR) is 98.0 cm³/mol. The Kier molecular flexibility index (Phi) is 6.08. The highest BCUT2D eigenvalue weighted by Gasteiger charge is 2.20. The third kappa shape index (κ3) is 5.07. The molecule has 0 spiro atoms. The smallest absolute Gasteiger partial charge is 0.273 e. The van der Waals surface area contributed by atoms with Crippen LogP contribution in [0.25, 0.3) is 0 Å². The first-order valence-electron chi connectivity index (χ1n) is 9.08. The number of phenolic OH excluding ortho intramolecular Hbond substituents is 1. The number of aromatic hydroxyl groups is 1. The molecule has 8 heteroatoms. The van der Waals surface area contributed by atoms with Crippen LogP contribution in [0, 0.1) is 0 Å². The molecule has 3 rings (SSSR count). The lowest BCUT2D eigenvalue weighted by Gasteiger charge is -2.14. The molecule has 0 aliphatic carbocycles. The molecule has 1 unspecified atom stereocenters. The molecule has 8 nitrogen and oxygen atoms in total. The highest BCUT2D eigenvalue weighted by Crippen LogP contribution is 2.18. The third-order valence-electron chi connectivity index (χ3n) is 4.53. The lowest BCUT2D eigenvalue weighted by atomic mass is 10.1. The Morgan fingerprint density at radius 2 is 2.15 bits per heavy atom. The Balaban J connectivity index is 1.45. The van der Waals surface area contributed by atoms with Gasteiger partial charge in [-0.15, -0.1) is 0 Å². The number of nitrogens with two attached hydrogens (primary N) is 1. The molecule has 2 amide bonds. The molecule has 2 heterocycles. The van der Waals surface area contributed by atoms with Crippen molar-refractivity contribution in [2.24, 2.45) is 5.73 Å². The van der Waals surface area contributed by atoms with Gasteiger partial charge in [0, 0.05) is 26.1 Å². The molecule has 1 fully saturated rings. The van der Waals surface area contributed by atoms with Crippen molar-refractivity contribution >= 4 is 11.8 Å². The molecular weight excluding hydrogens is 348 g/mol. The Hall–Kier alpha value is -2.87. The fraction of sp³-hybridized carbons (Fsp3) is 0.421. The number of nitrogens with one attached hydrogen (secondary N) is 1. The summed E-state index contributed by atoms with van der Waals surface area (Å²) < 4.78 is 5.35. The summed E-state index contributed by atoms with van der Waals surface area (Å²) in [6.45, 7) is 1.92. The lowest BCUT2D eigenvalue weighted by molar-refractivity contribution is -0.127. The van der Waals surface area contributed by atoms with Crippen LogP contribution in [0.2, 0.25) is 0 Å². The van der Waals surface area contributed by atoms with Crippen molar-refractivity contribution in [2.45, 2.75) is 31.7 Å². The molecule has 0 radical (unpaired) electrons. The van der Waals surface area contributed by atoms with Gasteiger partial charge in [-0.1, -0.05) is 12.1 Å². The zero-order chi connectivity index (χ0) is 19.2. The first kappa shape index (κ1) is 18.9. The van der Waals surface area contributed by atoms with Crippen LogP contribution >= 0.6 is 0 Å². The predicted octanol–water partition coefficient (Wildman–Crippen LogP) is 1.36. The van der Waals surface area contributed by atoms with Crippen LogP contribution in [0.4, 0.5) is 0 Å². The fourth-order valence-electron chi connectivity index (χ4n) is 3.04. The van der Waals surface area contributed by atoms with Crippen LogP contribution in [0.5, 0.6) is 5.75 Å². The van der Waals surface area contributed by atoms with Crippen LogP contribution in [0.3, 0.4) is 0 Å². The second kappa shape index (κ2) is 8.68. The minimum atomic E-state index is -0.489. The SMILES string of the molecule is NC(Cc1ccc(O)cc1)c1nc(C(=O)NCCCN2CCCC2=O)co1. The number of amides is 2. The number of carbonyl (C=O) groups is 2. The fourth-order valence-corrected chi connectivity index (χ4v) is 3.04. The maximum Gasteiger partial charge on any atom is 0.273 e. The number of phenols is 1. The minimum absolute atomic E-state index is 0.184. The van der Waals surface area contributed by atoms with Crippen molar-refractivity contribution in [2.75, 3.05) is 19.6 Å². The number of hydrogen-bond donors (Lipinski definition) is 3. The van der Waals surface area contributed by atoms with E-state index in [1.54, 1.807) is 24.3 Å². The van der Waals surface area contributed by atoms with E-state index in [1.165, 1.54) is 6.26 Å². The van der Waals surface area contributed by atoms with Crippen molar-refractivity contribution in [3.05, 3.63) is 47.7 Å². The molecule has 4 N–H and O–H groups in total. The average molecular weight is 372 g/mol. The Morgan fingerprint density at radius 1 is 1.37 bits per heavy atom. The van der Waals surface area contributed by atoms with Gasteiger partial charge in [0.2, 0.25) is 11.8 Å². The van der Waals surface area contributed by atoms with Gasteiger partial charge in [0.25, 0.3) is 5.91 Å². The largest absolute Gasteiger partial charge is 0.508 e. The van der Waals surface area contributed by atoms with Gasteiger partial charge < -0.3 is 25.5 Å². The van der Waals surface area contributed by atoms with Crippen molar-refractivity contribution in [1.29, 1.82) is 0 Å². The molecule has 1 aliphatic rings. The third-order valence-corrected chi connectivity index (χ3v) is 4.53. The highest BCUT2D eigenvalue weighted by molar-refractivity contribution is 5.91. The molecule has 1 aromatic carbocycles. The van der Waals surface area contributed by atoms with Gasteiger partial charge in [-0.05, 0) is 37.0 Å². The first-order chi connectivity index (χ1) is 13.0. The molecule has 2 aromatic rings. The maximum atomic E-state index is 12.2. The molecule has 1 aliphatic heterocycles. The molecule has 144 valence electrons. The van der Waals surface area contributed by atoms with Crippen LogP contribution < -0.4 is 11.1 Å². The topological polar surface area (TPSA) is 122 Å². The van der Waals surface area contributed by atoms with E-state index in [0.717, 1.165) is 18.5 Å². The molecule has 1 aromatic heterocycles. The second-order valence-electron chi connectivity index (χ2n) is 6.64. The van der Waals surface area contributed by atoms with Gasteiger partial charge in [0.15, 0.2) is 5.69 Å². The number of likely N-dealkylation sites (tertiary alicyclic amines) is 1. The van der Waals surface area contributed by atoms with E-state index < -0.39 is 6.04 Å². The van der Waals surface area contributed by atoms with Gasteiger partial charge in [-0.3, -0.25) is 9.59 Å². The van der Waals surface area contributed by atoms with Crippen molar-refractivity contribution in [3.63, 3.8) is 0 Å². The van der Waals surface area contributed by atoms with Gasteiger partial charge in [-0.2, -0.15) is 0 Å². The van der Waals surface area contributed by atoms with Gasteiger partial charge >= 0.3 is 0 Å². The number of aromatic nitrogens is 1. The summed E-state index contributed by atoms with van der Waals surface area (Å²) >= 11 is 0. The summed E-state index contributed by atoms with van der Waals surface area (Å²) in [6.07, 6.45) is 4.01. The Labute approximate surface area is 157 Å². The van der Waals surface area contributed by atoms with E-state index in [9.17, 15) is 14.7 Å². The minimum Gasteiger partial charge on any atom is -0.508 e. The Bertz CT molecular complexity index is 787. The van der Waals surface area contributed by atoms with E-state index in [4.69, 9.17) is 10.2 Å². The van der Waals surface area contributed by atoms with E-state index >= 15 is 0 Å². The zero-order valence-electron chi connectivity index (χ0n) is 15.1. The van der Waals surface area contributed by atoms with E-state index in [-0.39, 0.29) is 29.1 Å². The standard InChI is InChI=1S/C19H24N4O4/c20-15(11-13-4-6-14(24)7-5-13)19-22-16(12-27-19)18(26)21-8-2-10-23-9-1-3-17(23)25/h4-7,12,15,24H,1-3,8-11,20H2,(H,21,26). The molecule has 0 bridgehead atoms. The molecule has 0 saturated carbocycles. The van der Waals surface area contributed by atoms with Crippen LogP contribution in [0.15, 0.2) is 34.9 Å². The van der Waals surface area contributed by atoms with E-state index in [1.807, 2.05) is 4.90 Å². The maximum absolute atomic E-state index is 12.2. The number of carbonyl (C=O) groups excluding carboxylic acids is 2. The Morgan fingerprint density at radius 3 is 2.85 bits per heavy atom. The van der Waals surface area contributed by atoms with Crippen molar-refractivity contribution in [3.8, 4) is 5.75 Å². The van der Waals surface area contributed by atoms with Crippen molar-refractivity contribution in [1.82, 2.24) is 15.2 Å². The average Bonchev–Trinajstić information content (AvgIpc) is 3.30. The number of rotatable bonds is 8. The zero-order valence-corrected chi connectivity index (χ0v) is 15.1. The monoisotopic (exact) mass is 372 g/mol. The second-order valence-corrected chi connectivity index (χ2v) is 6.64. The van der Waals surface area contributed by atoms with E-state index in [2.05, 4.69) is 10.3 Å². The molecular formula is C19H24N4O4. The normalized spacial score (nSPS) is 15.1. The summed E-state index contributed by atoms with van der Waals surface area (Å²) in [4.78, 5) is 29.7. The number of oxazole rings is 1.